The third kappa shape index (κ3) is 3.52. The van der Waals surface area contributed by atoms with Crippen molar-refractivity contribution in [3.63, 3.8) is 0 Å². The first kappa shape index (κ1) is 15.6. The summed E-state index contributed by atoms with van der Waals surface area (Å²) in [7, 11) is 0. The van der Waals surface area contributed by atoms with Gasteiger partial charge in [0, 0.05) is 42.3 Å². The van der Waals surface area contributed by atoms with Gasteiger partial charge in [-0.3, -0.25) is 9.79 Å². The average molecular weight is 336 g/mol. The smallest absolute Gasteiger partial charge is 0.225 e. The largest absolute Gasteiger partial charge is 0.355 e. The molecule has 1 aromatic rings. The molecule has 1 amide bonds. The van der Waals surface area contributed by atoms with Crippen LogP contribution in [0.15, 0.2) is 21.5 Å². The van der Waals surface area contributed by atoms with E-state index in [0.29, 0.717) is 13.0 Å². The molecule has 3 heterocycles. The van der Waals surface area contributed by atoms with Gasteiger partial charge in [-0.2, -0.15) is 0 Å². The van der Waals surface area contributed by atoms with Gasteiger partial charge in [-0.1, -0.05) is 18.7 Å². The minimum atomic E-state index is 0.0683. The molecule has 7 heteroatoms. The SMILES string of the molecule is Cc1csc([C@H](C)CNC(=O)CC2=CSC3=NCCCN23)n1. The van der Waals surface area contributed by atoms with Crippen molar-refractivity contribution in [2.45, 2.75) is 32.6 Å². The number of thiazole rings is 1. The van der Waals surface area contributed by atoms with E-state index in [1.807, 2.05) is 12.3 Å². The lowest BCUT2D eigenvalue weighted by Gasteiger charge is -2.25. The number of amidine groups is 1. The molecule has 0 saturated heterocycles. The van der Waals surface area contributed by atoms with E-state index < -0.39 is 0 Å². The average Bonchev–Trinajstić information content (AvgIpc) is 3.12. The molecule has 0 unspecified atom stereocenters. The molecule has 0 aliphatic carbocycles. The summed E-state index contributed by atoms with van der Waals surface area (Å²) in [5.41, 5.74) is 2.11. The lowest BCUT2D eigenvalue weighted by atomic mass is 10.2. The number of amides is 1. The van der Waals surface area contributed by atoms with Crippen molar-refractivity contribution < 1.29 is 4.79 Å². The molecule has 0 radical (unpaired) electrons. The van der Waals surface area contributed by atoms with Crippen LogP contribution in [0.2, 0.25) is 0 Å². The second kappa shape index (κ2) is 6.83. The molecule has 2 aliphatic rings. The van der Waals surface area contributed by atoms with E-state index in [4.69, 9.17) is 0 Å². The predicted octanol–water partition coefficient (Wildman–Crippen LogP) is 2.71. The second-order valence-corrected chi connectivity index (χ2v) is 7.33. The van der Waals surface area contributed by atoms with E-state index in [0.717, 1.165) is 41.1 Å². The van der Waals surface area contributed by atoms with Crippen molar-refractivity contribution in [2.24, 2.45) is 4.99 Å². The molecule has 0 spiro atoms. The van der Waals surface area contributed by atoms with Gasteiger partial charge in [0.15, 0.2) is 5.17 Å². The summed E-state index contributed by atoms with van der Waals surface area (Å²) in [5, 5.41) is 9.25. The van der Waals surface area contributed by atoms with Gasteiger partial charge >= 0.3 is 0 Å². The highest BCUT2D eigenvalue weighted by Crippen LogP contribution is 2.30. The Bertz CT molecular complexity index is 623. The highest BCUT2D eigenvalue weighted by Gasteiger charge is 2.26. The number of hydrogen-bond donors (Lipinski definition) is 1. The molecule has 5 nitrogen and oxygen atoms in total. The predicted molar refractivity (Wildman–Crippen MR) is 92.2 cm³/mol. The molecule has 2 aliphatic heterocycles. The molecular weight excluding hydrogens is 316 g/mol. The summed E-state index contributed by atoms with van der Waals surface area (Å²) in [4.78, 5) is 23.3. The molecule has 1 atom stereocenters. The normalized spacial score (nSPS) is 18.5. The van der Waals surface area contributed by atoms with Crippen LogP contribution in [0.25, 0.3) is 0 Å². The Morgan fingerprint density at radius 3 is 3.18 bits per heavy atom. The Kier molecular flexibility index (Phi) is 4.83. The number of rotatable bonds is 5. The Morgan fingerprint density at radius 2 is 2.41 bits per heavy atom. The standard InChI is InChI=1S/C15H20N4OS2/c1-10(14-18-11(2)8-21-14)7-17-13(20)6-12-9-22-15-16-4-3-5-19(12)15/h8-10H,3-7H2,1-2H3,(H,17,20)/t10-/m1/s1. The number of nitrogens with one attached hydrogen (secondary N) is 1. The lowest BCUT2D eigenvalue weighted by Crippen LogP contribution is -2.33. The van der Waals surface area contributed by atoms with Gasteiger partial charge in [-0.15, -0.1) is 11.3 Å². The number of aromatic nitrogens is 1. The zero-order valence-electron chi connectivity index (χ0n) is 12.8. The van der Waals surface area contributed by atoms with E-state index in [-0.39, 0.29) is 11.8 Å². The zero-order valence-corrected chi connectivity index (χ0v) is 14.5. The molecular formula is C15H20N4OS2. The molecule has 0 aromatic carbocycles. The first-order valence-electron chi connectivity index (χ1n) is 7.50. The minimum Gasteiger partial charge on any atom is -0.355 e. The van der Waals surface area contributed by atoms with Gasteiger partial charge in [0.25, 0.3) is 0 Å². The van der Waals surface area contributed by atoms with Crippen LogP contribution in [0.4, 0.5) is 0 Å². The topological polar surface area (TPSA) is 57.6 Å². The molecule has 1 N–H and O–H groups in total. The van der Waals surface area contributed by atoms with Crippen LogP contribution < -0.4 is 5.32 Å². The molecule has 118 valence electrons. The molecule has 1 aromatic heterocycles. The Hall–Kier alpha value is -1.34. The molecule has 22 heavy (non-hydrogen) atoms. The van der Waals surface area contributed by atoms with Gasteiger partial charge in [0.05, 0.1) is 11.4 Å². The second-order valence-electron chi connectivity index (χ2n) is 5.61. The van der Waals surface area contributed by atoms with Crippen molar-refractivity contribution in [1.82, 2.24) is 15.2 Å². The summed E-state index contributed by atoms with van der Waals surface area (Å²) in [5.74, 6) is 0.320. The summed E-state index contributed by atoms with van der Waals surface area (Å²) in [6.07, 6.45) is 1.49. The fourth-order valence-corrected chi connectivity index (χ4v) is 4.26. The van der Waals surface area contributed by atoms with Crippen LogP contribution in [0.1, 0.15) is 36.4 Å². The highest BCUT2D eigenvalue weighted by molar-refractivity contribution is 8.16. The number of aryl methyl sites for hydroxylation is 1. The maximum absolute atomic E-state index is 12.2. The van der Waals surface area contributed by atoms with E-state index in [2.05, 4.69) is 32.5 Å². The number of nitrogens with zero attached hydrogens (tertiary/aromatic N) is 3. The number of carbonyl (C=O) groups is 1. The fraction of sp³-hybridized carbons (Fsp3) is 0.533. The molecule has 0 fully saturated rings. The van der Waals surface area contributed by atoms with Crippen LogP contribution in [-0.2, 0) is 4.79 Å². The van der Waals surface area contributed by atoms with Crippen LogP contribution in [0, 0.1) is 6.92 Å². The van der Waals surface area contributed by atoms with Gasteiger partial charge in [0.1, 0.15) is 0 Å². The maximum atomic E-state index is 12.2. The maximum Gasteiger partial charge on any atom is 0.225 e. The van der Waals surface area contributed by atoms with Crippen molar-refractivity contribution in [1.29, 1.82) is 0 Å². The highest BCUT2D eigenvalue weighted by atomic mass is 32.2. The Balaban J connectivity index is 1.49. The zero-order chi connectivity index (χ0) is 15.5. The number of carbonyl (C=O) groups excluding carboxylic acids is 1. The van der Waals surface area contributed by atoms with E-state index in [9.17, 15) is 4.79 Å². The van der Waals surface area contributed by atoms with Gasteiger partial charge in [0.2, 0.25) is 5.91 Å². The minimum absolute atomic E-state index is 0.0683. The van der Waals surface area contributed by atoms with Crippen molar-refractivity contribution >= 4 is 34.2 Å². The van der Waals surface area contributed by atoms with Crippen LogP contribution in [-0.4, -0.2) is 40.6 Å². The van der Waals surface area contributed by atoms with E-state index >= 15 is 0 Å². The Labute approximate surface area is 138 Å². The number of aliphatic imine (C=N–C) groups is 1. The molecule has 3 rings (SSSR count). The van der Waals surface area contributed by atoms with E-state index in [1.54, 1.807) is 23.1 Å². The number of hydrogen-bond acceptors (Lipinski definition) is 6. The number of fused-ring (bicyclic) bond motifs is 1. The number of thioether (sulfide) groups is 1. The van der Waals surface area contributed by atoms with Crippen LogP contribution in [0.5, 0.6) is 0 Å². The fourth-order valence-electron chi connectivity index (χ4n) is 2.45. The third-order valence-electron chi connectivity index (χ3n) is 3.67. The summed E-state index contributed by atoms with van der Waals surface area (Å²) in [6.45, 7) is 6.59. The summed E-state index contributed by atoms with van der Waals surface area (Å²) < 4.78 is 0. The van der Waals surface area contributed by atoms with Gasteiger partial charge in [-0.05, 0) is 18.8 Å². The summed E-state index contributed by atoms with van der Waals surface area (Å²) in [6, 6.07) is 0. The van der Waals surface area contributed by atoms with Crippen molar-refractivity contribution in [3.05, 3.63) is 27.2 Å². The van der Waals surface area contributed by atoms with Crippen molar-refractivity contribution in [3.8, 4) is 0 Å². The quantitative estimate of drug-likeness (QED) is 0.898. The molecule has 0 bridgehead atoms. The Morgan fingerprint density at radius 1 is 1.55 bits per heavy atom. The first-order valence-corrected chi connectivity index (χ1v) is 9.26. The van der Waals surface area contributed by atoms with Crippen LogP contribution >= 0.6 is 23.1 Å². The van der Waals surface area contributed by atoms with Gasteiger partial charge < -0.3 is 10.2 Å². The summed E-state index contributed by atoms with van der Waals surface area (Å²) >= 11 is 3.28. The van der Waals surface area contributed by atoms with Crippen LogP contribution in [0.3, 0.4) is 0 Å². The van der Waals surface area contributed by atoms with Crippen molar-refractivity contribution in [2.75, 3.05) is 19.6 Å². The monoisotopic (exact) mass is 336 g/mol. The molecule has 0 saturated carbocycles. The first-order chi connectivity index (χ1) is 10.6. The van der Waals surface area contributed by atoms with E-state index in [1.165, 1.54) is 0 Å². The van der Waals surface area contributed by atoms with Gasteiger partial charge in [-0.25, -0.2) is 4.98 Å². The third-order valence-corrected chi connectivity index (χ3v) is 5.81. The lowest BCUT2D eigenvalue weighted by molar-refractivity contribution is -0.120.